The Balaban J connectivity index is 2.43. The van der Waals surface area contributed by atoms with Crippen LogP contribution in [0.3, 0.4) is 0 Å². The first-order valence-electron chi connectivity index (χ1n) is 7.10. The summed E-state index contributed by atoms with van der Waals surface area (Å²) in [5.74, 6) is 0.179. The molecule has 0 bridgehead atoms. The van der Waals surface area contributed by atoms with Crippen molar-refractivity contribution in [3.63, 3.8) is 0 Å². The molecule has 1 fully saturated rings. The zero-order chi connectivity index (χ0) is 13.7. The lowest BCUT2D eigenvalue weighted by molar-refractivity contribution is -0.136. The van der Waals surface area contributed by atoms with Crippen molar-refractivity contribution in [2.24, 2.45) is 0 Å². The van der Waals surface area contributed by atoms with Gasteiger partial charge in [-0.1, -0.05) is 0 Å². The zero-order valence-electron chi connectivity index (χ0n) is 12.4. The fourth-order valence-corrected chi connectivity index (χ4v) is 2.53. The smallest absolute Gasteiger partial charge is 0.239 e. The Bertz CT molecular complexity index is 253. The molecular formula is C14H28N2O2. The lowest BCUT2D eigenvalue weighted by Crippen LogP contribution is -2.51. The Hall–Kier alpha value is -0.610. The van der Waals surface area contributed by atoms with Crippen LogP contribution in [0.25, 0.3) is 0 Å². The van der Waals surface area contributed by atoms with Crippen molar-refractivity contribution in [1.82, 2.24) is 10.2 Å². The standard InChI is InChI=1S/C14H28N2O2/c1-10(2)16(11(3)4)14(17)12(5)15-9-13-7-6-8-18-13/h10-13,15H,6-9H2,1-5H3. The van der Waals surface area contributed by atoms with E-state index in [2.05, 4.69) is 33.0 Å². The summed E-state index contributed by atoms with van der Waals surface area (Å²) in [7, 11) is 0. The maximum absolute atomic E-state index is 12.4. The van der Waals surface area contributed by atoms with E-state index in [0.29, 0.717) is 0 Å². The monoisotopic (exact) mass is 256 g/mol. The normalized spacial score (nSPS) is 21.6. The molecule has 1 aliphatic rings. The fraction of sp³-hybridized carbons (Fsp3) is 0.929. The van der Waals surface area contributed by atoms with E-state index in [1.807, 2.05) is 11.8 Å². The van der Waals surface area contributed by atoms with Crippen LogP contribution in [0.5, 0.6) is 0 Å². The lowest BCUT2D eigenvalue weighted by Gasteiger charge is -2.33. The van der Waals surface area contributed by atoms with Crippen LogP contribution in [0.4, 0.5) is 0 Å². The minimum Gasteiger partial charge on any atom is -0.377 e. The number of hydrogen-bond donors (Lipinski definition) is 1. The Morgan fingerprint density at radius 1 is 1.28 bits per heavy atom. The third-order valence-corrected chi connectivity index (χ3v) is 3.41. The van der Waals surface area contributed by atoms with Crippen molar-refractivity contribution >= 4 is 5.91 Å². The SMILES string of the molecule is CC(NCC1CCCO1)C(=O)N(C(C)C)C(C)C. The van der Waals surface area contributed by atoms with Gasteiger partial charge in [-0.05, 0) is 47.5 Å². The maximum Gasteiger partial charge on any atom is 0.239 e. The van der Waals surface area contributed by atoms with Gasteiger partial charge in [0.05, 0.1) is 12.1 Å². The van der Waals surface area contributed by atoms with E-state index in [1.165, 1.54) is 0 Å². The van der Waals surface area contributed by atoms with Crippen LogP contribution in [-0.2, 0) is 9.53 Å². The van der Waals surface area contributed by atoms with Crippen LogP contribution in [0.1, 0.15) is 47.5 Å². The summed E-state index contributed by atoms with van der Waals surface area (Å²) in [6.07, 6.45) is 2.52. The summed E-state index contributed by atoms with van der Waals surface area (Å²) in [5, 5.41) is 3.30. The summed E-state index contributed by atoms with van der Waals surface area (Å²) < 4.78 is 5.55. The molecule has 1 saturated heterocycles. The molecule has 1 heterocycles. The third kappa shape index (κ3) is 4.25. The highest BCUT2D eigenvalue weighted by molar-refractivity contribution is 5.82. The molecule has 0 aromatic rings. The van der Waals surface area contributed by atoms with Gasteiger partial charge in [-0.15, -0.1) is 0 Å². The summed E-state index contributed by atoms with van der Waals surface area (Å²) >= 11 is 0. The number of carbonyl (C=O) groups is 1. The summed E-state index contributed by atoms with van der Waals surface area (Å²) in [6, 6.07) is 0.341. The van der Waals surface area contributed by atoms with E-state index in [1.54, 1.807) is 0 Å². The van der Waals surface area contributed by atoms with Crippen molar-refractivity contribution < 1.29 is 9.53 Å². The molecule has 1 aliphatic heterocycles. The van der Waals surface area contributed by atoms with Gasteiger partial charge >= 0.3 is 0 Å². The van der Waals surface area contributed by atoms with Gasteiger partial charge in [0.25, 0.3) is 0 Å². The molecule has 0 spiro atoms. The van der Waals surface area contributed by atoms with Crippen LogP contribution >= 0.6 is 0 Å². The Morgan fingerprint density at radius 2 is 1.89 bits per heavy atom. The minimum absolute atomic E-state index is 0.140. The largest absolute Gasteiger partial charge is 0.377 e. The van der Waals surface area contributed by atoms with Crippen molar-refractivity contribution in [2.75, 3.05) is 13.2 Å². The van der Waals surface area contributed by atoms with Crippen LogP contribution in [0, 0.1) is 0 Å². The number of rotatable bonds is 6. The Labute approximate surface area is 111 Å². The number of nitrogens with zero attached hydrogens (tertiary/aromatic N) is 1. The van der Waals surface area contributed by atoms with Crippen LogP contribution in [0.2, 0.25) is 0 Å². The average Bonchev–Trinajstić information content (AvgIpc) is 2.77. The van der Waals surface area contributed by atoms with Gasteiger partial charge in [0.1, 0.15) is 0 Å². The Morgan fingerprint density at radius 3 is 2.33 bits per heavy atom. The van der Waals surface area contributed by atoms with E-state index >= 15 is 0 Å². The number of carbonyl (C=O) groups excluding carboxylic acids is 1. The van der Waals surface area contributed by atoms with Gasteiger partial charge in [0.15, 0.2) is 0 Å². The number of ether oxygens (including phenoxy) is 1. The zero-order valence-corrected chi connectivity index (χ0v) is 12.4. The van der Waals surface area contributed by atoms with Gasteiger partial charge < -0.3 is 15.0 Å². The minimum atomic E-state index is -0.140. The van der Waals surface area contributed by atoms with Crippen LogP contribution < -0.4 is 5.32 Å². The fourth-order valence-electron chi connectivity index (χ4n) is 2.53. The molecule has 1 amide bonds. The lowest BCUT2D eigenvalue weighted by atomic mass is 10.1. The molecule has 2 unspecified atom stereocenters. The van der Waals surface area contributed by atoms with E-state index in [-0.39, 0.29) is 30.1 Å². The molecule has 0 aromatic heterocycles. The number of amides is 1. The molecule has 106 valence electrons. The second-order valence-corrected chi connectivity index (χ2v) is 5.70. The molecule has 0 radical (unpaired) electrons. The van der Waals surface area contributed by atoms with Crippen molar-refractivity contribution in [1.29, 1.82) is 0 Å². The highest BCUT2D eigenvalue weighted by Crippen LogP contribution is 2.12. The number of nitrogens with one attached hydrogen (secondary N) is 1. The molecule has 2 atom stereocenters. The maximum atomic E-state index is 12.4. The van der Waals surface area contributed by atoms with E-state index in [9.17, 15) is 4.79 Å². The molecule has 1 rings (SSSR count). The predicted octanol–water partition coefficient (Wildman–Crippen LogP) is 1.79. The molecule has 0 aliphatic carbocycles. The second-order valence-electron chi connectivity index (χ2n) is 5.70. The molecule has 18 heavy (non-hydrogen) atoms. The summed E-state index contributed by atoms with van der Waals surface area (Å²) in [4.78, 5) is 14.3. The molecular weight excluding hydrogens is 228 g/mol. The first-order chi connectivity index (χ1) is 8.43. The van der Waals surface area contributed by atoms with Gasteiger partial charge in [0, 0.05) is 25.2 Å². The van der Waals surface area contributed by atoms with Crippen molar-refractivity contribution in [2.45, 2.75) is 71.7 Å². The quantitative estimate of drug-likeness (QED) is 0.788. The molecule has 0 aromatic carbocycles. The summed E-state index contributed by atoms with van der Waals surface area (Å²) in [5.41, 5.74) is 0. The highest BCUT2D eigenvalue weighted by atomic mass is 16.5. The average molecular weight is 256 g/mol. The molecule has 0 saturated carbocycles. The van der Waals surface area contributed by atoms with Gasteiger partial charge in [0.2, 0.25) is 5.91 Å². The molecule has 4 heteroatoms. The van der Waals surface area contributed by atoms with Crippen molar-refractivity contribution in [3.05, 3.63) is 0 Å². The van der Waals surface area contributed by atoms with E-state index in [0.717, 1.165) is 26.0 Å². The van der Waals surface area contributed by atoms with Gasteiger partial charge in [-0.3, -0.25) is 4.79 Å². The molecule has 4 nitrogen and oxygen atoms in total. The second kappa shape index (κ2) is 7.10. The highest BCUT2D eigenvalue weighted by Gasteiger charge is 2.25. The van der Waals surface area contributed by atoms with Crippen LogP contribution in [-0.4, -0.2) is 48.2 Å². The van der Waals surface area contributed by atoms with Crippen LogP contribution in [0.15, 0.2) is 0 Å². The van der Waals surface area contributed by atoms with Gasteiger partial charge in [-0.25, -0.2) is 0 Å². The predicted molar refractivity (Wildman–Crippen MR) is 73.6 cm³/mol. The first-order valence-corrected chi connectivity index (χ1v) is 7.10. The van der Waals surface area contributed by atoms with Gasteiger partial charge in [-0.2, -0.15) is 0 Å². The topological polar surface area (TPSA) is 41.6 Å². The first kappa shape index (κ1) is 15.4. The third-order valence-electron chi connectivity index (χ3n) is 3.41. The number of hydrogen-bond acceptors (Lipinski definition) is 3. The summed E-state index contributed by atoms with van der Waals surface area (Å²) in [6.45, 7) is 11.8. The Kier molecular flexibility index (Phi) is 6.09. The van der Waals surface area contributed by atoms with Crippen molar-refractivity contribution in [3.8, 4) is 0 Å². The van der Waals surface area contributed by atoms with E-state index < -0.39 is 0 Å². The van der Waals surface area contributed by atoms with E-state index in [4.69, 9.17) is 4.74 Å². The molecule has 1 N–H and O–H groups in total.